The van der Waals surface area contributed by atoms with Crippen LogP contribution in [0.5, 0.6) is 5.88 Å². The molecule has 0 aliphatic rings. The molecule has 1 aromatic heterocycles. The van der Waals surface area contributed by atoms with Gasteiger partial charge < -0.3 is 9.84 Å². The van der Waals surface area contributed by atoms with Crippen molar-refractivity contribution in [3.8, 4) is 5.88 Å². The summed E-state index contributed by atoms with van der Waals surface area (Å²) in [6.45, 7) is 3.70. The molecule has 1 N–H and O–H groups in total. The number of ether oxygens (including phenoxy) is 1. The zero-order valence-corrected chi connectivity index (χ0v) is 12.2. The van der Waals surface area contributed by atoms with Crippen LogP contribution in [0.2, 0.25) is 0 Å². The van der Waals surface area contributed by atoms with Gasteiger partial charge in [-0.3, -0.25) is 0 Å². The smallest absolute Gasteiger partial charge is 0.251 e. The van der Waals surface area contributed by atoms with Gasteiger partial charge in [-0.05, 0) is 25.7 Å². The predicted molar refractivity (Wildman–Crippen MR) is 74.0 cm³/mol. The molecule has 0 amide bonds. The molecule has 114 valence electrons. The summed E-state index contributed by atoms with van der Waals surface area (Å²) in [6.07, 6.45) is 4.09. The van der Waals surface area contributed by atoms with E-state index in [1.807, 2.05) is 13.8 Å². The molecule has 0 aliphatic heterocycles. The van der Waals surface area contributed by atoms with Crippen LogP contribution in [0.3, 0.4) is 0 Å². The third kappa shape index (κ3) is 4.40. The Balaban J connectivity index is 3.09. The molecule has 3 nitrogen and oxygen atoms in total. The van der Waals surface area contributed by atoms with E-state index in [4.69, 9.17) is 9.84 Å². The van der Waals surface area contributed by atoms with Crippen LogP contribution in [-0.2, 0) is 12.8 Å². The first-order valence-electron chi connectivity index (χ1n) is 7.26. The Morgan fingerprint density at radius 2 is 1.70 bits per heavy atom. The fourth-order valence-corrected chi connectivity index (χ4v) is 1.94. The lowest BCUT2D eigenvalue weighted by Crippen LogP contribution is -2.11. The van der Waals surface area contributed by atoms with Crippen LogP contribution in [0.25, 0.3) is 0 Å². The second-order valence-electron chi connectivity index (χ2n) is 4.75. The number of aromatic nitrogens is 1. The SMILES string of the molecule is CCCCc1nc(OCCO)c(F)c(CCCC)c1F. The number of unbranched alkanes of at least 4 members (excludes halogenated alkanes) is 2. The van der Waals surface area contributed by atoms with Gasteiger partial charge in [-0.25, -0.2) is 13.8 Å². The minimum atomic E-state index is -0.732. The number of hydrogen-bond donors (Lipinski definition) is 1. The fourth-order valence-electron chi connectivity index (χ4n) is 1.94. The number of nitrogens with zero attached hydrogens (tertiary/aromatic N) is 1. The maximum atomic E-state index is 14.3. The molecule has 0 bridgehead atoms. The first-order valence-corrected chi connectivity index (χ1v) is 7.26. The third-order valence-electron chi connectivity index (χ3n) is 3.09. The lowest BCUT2D eigenvalue weighted by atomic mass is 10.0. The highest BCUT2D eigenvalue weighted by molar-refractivity contribution is 5.30. The molecule has 0 atom stereocenters. The molecular formula is C15H23F2NO2. The van der Waals surface area contributed by atoms with Crippen molar-refractivity contribution < 1.29 is 18.6 Å². The van der Waals surface area contributed by atoms with Gasteiger partial charge in [0.25, 0.3) is 5.88 Å². The van der Waals surface area contributed by atoms with E-state index in [1.165, 1.54) is 0 Å². The Hall–Kier alpha value is -1.23. The highest BCUT2D eigenvalue weighted by atomic mass is 19.1. The van der Waals surface area contributed by atoms with Gasteiger partial charge in [0, 0.05) is 5.56 Å². The number of pyridine rings is 1. The highest BCUT2D eigenvalue weighted by Gasteiger charge is 2.20. The van der Waals surface area contributed by atoms with Crippen molar-refractivity contribution in [2.75, 3.05) is 13.2 Å². The summed E-state index contributed by atoms with van der Waals surface area (Å²) >= 11 is 0. The molecule has 0 saturated carbocycles. The lowest BCUT2D eigenvalue weighted by molar-refractivity contribution is 0.190. The van der Waals surface area contributed by atoms with E-state index in [1.54, 1.807) is 0 Å². The van der Waals surface area contributed by atoms with E-state index in [-0.39, 0.29) is 30.4 Å². The quantitative estimate of drug-likeness (QED) is 0.756. The average molecular weight is 287 g/mol. The molecule has 0 radical (unpaired) electrons. The van der Waals surface area contributed by atoms with Crippen LogP contribution in [0, 0.1) is 11.6 Å². The number of aliphatic hydroxyl groups is 1. The number of hydrogen-bond acceptors (Lipinski definition) is 3. The Bertz CT molecular complexity index is 393. The third-order valence-corrected chi connectivity index (χ3v) is 3.09. The van der Waals surface area contributed by atoms with Gasteiger partial charge >= 0.3 is 0 Å². The standard InChI is InChI=1S/C15H23F2NO2/c1-3-5-7-11-13(16)12(8-6-4-2)18-15(14(11)17)20-10-9-19/h19H,3-10H2,1-2H3. The maximum absolute atomic E-state index is 14.3. The Morgan fingerprint density at radius 1 is 1.05 bits per heavy atom. The summed E-state index contributed by atoms with van der Waals surface area (Å²) in [5, 5.41) is 8.75. The second-order valence-corrected chi connectivity index (χ2v) is 4.75. The average Bonchev–Trinajstić information content (AvgIpc) is 2.45. The largest absolute Gasteiger partial charge is 0.473 e. The normalized spacial score (nSPS) is 10.8. The van der Waals surface area contributed by atoms with Gasteiger partial charge in [0.1, 0.15) is 6.61 Å². The maximum Gasteiger partial charge on any atom is 0.251 e. The molecule has 0 fully saturated rings. The minimum Gasteiger partial charge on any atom is -0.473 e. The number of halogens is 2. The highest BCUT2D eigenvalue weighted by Crippen LogP contribution is 2.26. The molecule has 5 heteroatoms. The summed E-state index contributed by atoms with van der Waals surface area (Å²) < 4.78 is 33.5. The summed E-state index contributed by atoms with van der Waals surface area (Å²) in [4.78, 5) is 3.93. The van der Waals surface area contributed by atoms with Gasteiger partial charge in [-0.15, -0.1) is 0 Å². The molecule has 1 heterocycles. The lowest BCUT2D eigenvalue weighted by Gasteiger charge is -2.13. The van der Waals surface area contributed by atoms with Crippen LogP contribution in [0.4, 0.5) is 8.78 Å². The number of rotatable bonds is 9. The minimum absolute atomic E-state index is 0.0456. The molecule has 1 rings (SSSR count). The molecular weight excluding hydrogens is 264 g/mol. The van der Waals surface area contributed by atoms with E-state index < -0.39 is 11.6 Å². The van der Waals surface area contributed by atoms with Crippen molar-refractivity contribution in [2.24, 2.45) is 0 Å². The van der Waals surface area contributed by atoms with Crippen LogP contribution in [0.15, 0.2) is 0 Å². The first kappa shape index (κ1) is 16.8. The molecule has 0 aliphatic carbocycles. The van der Waals surface area contributed by atoms with Crippen LogP contribution in [0.1, 0.15) is 50.8 Å². The van der Waals surface area contributed by atoms with Crippen molar-refractivity contribution in [3.63, 3.8) is 0 Å². The zero-order chi connectivity index (χ0) is 15.0. The van der Waals surface area contributed by atoms with Gasteiger partial charge in [-0.2, -0.15) is 0 Å². The van der Waals surface area contributed by atoms with Gasteiger partial charge in [0.05, 0.1) is 12.3 Å². The van der Waals surface area contributed by atoms with Crippen LogP contribution >= 0.6 is 0 Å². The Labute approximate surface area is 119 Å². The fraction of sp³-hybridized carbons (Fsp3) is 0.667. The van der Waals surface area contributed by atoms with Gasteiger partial charge in [0.2, 0.25) is 0 Å². The van der Waals surface area contributed by atoms with Crippen LogP contribution < -0.4 is 4.74 Å². The predicted octanol–water partition coefficient (Wildman–Crippen LogP) is 3.42. The monoisotopic (exact) mass is 287 g/mol. The van der Waals surface area contributed by atoms with Gasteiger partial charge in [-0.1, -0.05) is 26.7 Å². The van der Waals surface area contributed by atoms with E-state index in [2.05, 4.69) is 4.98 Å². The summed E-state index contributed by atoms with van der Waals surface area (Å²) in [7, 11) is 0. The molecule has 0 unspecified atom stereocenters. The van der Waals surface area contributed by atoms with E-state index in [0.29, 0.717) is 19.3 Å². The van der Waals surface area contributed by atoms with Crippen molar-refractivity contribution in [1.82, 2.24) is 4.98 Å². The van der Waals surface area contributed by atoms with Crippen molar-refractivity contribution in [3.05, 3.63) is 22.9 Å². The summed E-state index contributed by atoms with van der Waals surface area (Å²) in [5.74, 6) is -1.47. The zero-order valence-electron chi connectivity index (χ0n) is 12.2. The van der Waals surface area contributed by atoms with Gasteiger partial charge in [0.15, 0.2) is 11.6 Å². The number of aliphatic hydroxyl groups excluding tert-OH is 1. The molecule has 0 aromatic carbocycles. The van der Waals surface area contributed by atoms with E-state index in [9.17, 15) is 8.78 Å². The topological polar surface area (TPSA) is 42.4 Å². The Morgan fingerprint density at radius 3 is 2.30 bits per heavy atom. The second kappa shape index (κ2) is 8.84. The molecule has 0 spiro atoms. The summed E-state index contributed by atoms with van der Waals surface area (Å²) in [6, 6.07) is 0. The van der Waals surface area contributed by atoms with E-state index in [0.717, 1.165) is 19.3 Å². The van der Waals surface area contributed by atoms with Crippen LogP contribution in [-0.4, -0.2) is 23.3 Å². The Kier molecular flexibility index (Phi) is 7.44. The van der Waals surface area contributed by atoms with E-state index >= 15 is 0 Å². The van der Waals surface area contributed by atoms with Crippen molar-refractivity contribution >= 4 is 0 Å². The first-order chi connectivity index (χ1) is 9.65. The number of aryl methyl sites for hydroxylation is 1. The van der Waals surface area contributed by atoms with Crippen molar-refractivity contribution in [1.29, 1.82) is 0 Å². The summed E-state index contributed by atoms with van der Waals surface area (Å²) in [5.41, 5.74) is 0.313. The van der Waals surface area contributed by atoms with Crippen molar-refractivity contribution in [2.45, 2.75) is 52.4 Å². The molecule has 0 saturated heterocycles. The molecule has 20 heavy (non-hydrogen) atoms. The molecule has 1 aromatic rings.